The van der Waals surface area contributed by atoms with Crippen molar-refractivity contribution in [3.05, 3.63) is 53.9 Å². The van der Waals surface area contributed by atoms with Gasteiger partial charge in [0.05, 0.1) is 6.54 Å². The number of hydrogen-bond acceptors (Lipinski definition) is 4. The Morgan fingerprint density at radius 1 is 1.03 bits per heavy atom. The van der Waals surface area contributed by atoms with Crippen LogP contribution in [0.1, 0.15) is 43.2 Å². The van der Waals surface area contributed by atoms with Crippen LogP contribution in [0.15, 0.2) is 42.7 Å². The van der Waals surface area contributed by atoms with Crippen LogP contribution in [0.4, 0.5) is 0 Å². The fraction of sp³-hybridized carbons (Fsp3) is 0.593. The third kappa shape index (κ3) is 6.26. The number of carbonyl (C=O) groups is 2. The van der Waals surface area contributed by atoms with Gasteiger partial charge in [-0.25, -0.2) is 0 Å². The number of rotatable bonds is 8. The third-order valence-corrected chi connectivity index (χ3v) is 7.68. The minimum atomic E-state index is 0.0749. The minimum Gasteiger partial charge on any atom is -0.342 e. The molecule has 2 aromatic rings. The van der Waals surface area contributed by atoms with Crippen LogP contribution in [0.2, 0.25) is 0 Å². The molecule has 0 N–H and O–H groups in total. The Hall–Kier alpha value is -2.67. The van der Waals surface area contributed by atoms with Crippen LogP contribution in [0.3, 0.4) is 0 Å². The molecule has 0 aliphatic carbocycles. The van der Waals surface area contributed by atoms with Gasteiger partial charge in [0.1, 0.15) is 6.54 Å². The molecule has 0 saturated carbocycles. The Morgan fingerprint density at radius 2 is 1.76 bits per heavy atom. The van der Waals surface area contributed by atoms with E-state index in [1.54, 1.807) is 10.9 Å². The average Bonchev–Trinajstić information content (AvgIpc) is 3.37. The lowest BCUT2D eigenvalue weighted by atomic mass is 9.84. The van der Waals surface area contributed by atoms with E-state index in [2.05, 4.69) is 41.2 Å². The monoisotopic (exact) mass is 465 g/mol. The number of aromatic nitrogens is 2. The van der Waals surface area contributed by atoms with E-state index in [4.69, 9.17) is 0 Å². The van der Waals surface area contributed by atoms with Gasteiger partial charge in [0, 0.05) is 38.6 Å². The second kappa shape index (κ2) is 11.6. The van der Waals surface area contributed by atoms with E-state index >= 15 is 0 Å². The smallest absolute Gasteiger partial charge is 0.244 e. The van der Waals surface area contributed by atoms with Gasteiger partial charge in [-0.05, 0) is 75.2 Å². The van der Waals surface area contributed by atoms with Gasteiger partial charge in [-0.15, -0.1) is 0 Å². The van der Waals surface area contributed by atoms with Crippen LogP contribution >= 0.6 is 0 Å². The second-order valence-electron chi connectivity index (χ2n) is 9.96. The van der Waals surface area contributed by atoms with Crippen LogP contribution < -0.4 is 0 Å². The highest BCUT2D eigenvalue weighted by molar-refractivity contribution is 5.78. The molecule has 184 valence electrons. The van der Waals surface area contributed by atoms with Crippen LogP contribution in [0.25, 0.3) is 0 Å². The maximum absolute atomic E-state index is 13.2. The van der Waals surface area contributed by atoms with Gasteiger partial charge in [-0.2, -0.15) is 5.10 Å². The van der Waals surface area contributed by atoms with Crippen molar-refractivity contribution in [2.45, 2.75) is 58.0 Å². The topological polar surface area (TPSA) is 61.7 Å². The van der Waals surface area contributed by atoms with Crippen molar-refractivity contribution in [2.75, 3.05) is 39.8 Å². The number of carbonyl (C=O) groups excluding carboxylic acids is 2. The first-order valence-corrected chi connectivity index (χ1v) is 12.8. The standard InChI is InChI=1S/C27H39N5O2/c1-22-9-4-5-10-24(22)19-25(29(2)26(33)21-32-16-8-13-28-32)23-11-17-31(18-12-23)27(34)20-30-14-6-3-7-15-30/h4-5,8-10,13,16,23,25H,3,6-7,11-12,14-15,17-21H2,1-2H3/t25-/m0/s1. The van der Waals surface area contributed by atoms with Crippen molar-refractivity contribution in [3.8, 4) is 0 Å². The van der Waals surface area contributed by atoms with Crippen LogP contribution in [-0.4, -0.2) is 82.1 Å². The number of likely N-dealkylation sites (N-methyl/N-ethyl adjacent to an activating group) is 1. The number of amides is 2. The molecule has 1 aromatic heterocycles. The number of nitrogens with zero attached hydrogens (tertiary/aromatic N) is 5. The Labute approximate surface area is 203 Å². The SMILES string of the molecule is Cc1ccccc1C[C@@H](C1CCN(C(=O)CN2CCCCC2)CC1)N(C)C(=O)Cn1cccn1. The average molecular weight is 466 g/mol. The van der Waals surface area contributed by atoms with Gasteiger partial charge in [0.25, 0.3) is 0 Å². The Balaban J connectivity index is 1.40. The number of benzene rings is 1. The van der Waals surface area contributed by atoms with E-state index in [-0.39, 0.29) is 24.4 Å². The maximum atomic E-state index is 13.2. The Kier molecular flexibility index (Phi) is 8.38. The normalized spacial score (nSPS) is 18.6. The summed E-state index contributed by atoms with van der Waals surface area (Å²) >= 11 is 0. The summed E-state index contributed by atoms with van der Waals surface area (Å²) in [6.07, 6.45) is 9.92. The lowest BCUT2D eigenvalue weighted by Crippen LogP contribution is -2.50. The predicted molar refractivity (Wildman–Crippen MR) is 133 cm³/mol. The summed E-state index contributed by atoms with van der Waals surface area (Å²) in [5.74, 6) is 0.704. The zero-order chi connectivity index (χ0) is 23.9. The predicted octanol–water partition coefficient (Wildman–Crippen LogP) is 2.99. The molecule has 7 nitrogen and oxygen atoms in total. The largest absolute Gasteiger partial charge is 0.342 e. The molecule has 1 aromatic carbocycles. The lowest BCUT2D eigenvalue weighted by molar-refractivity contribution is -0.137. The summed E-state index contributed by atoms with van der Waals surface area (Å²) in [4.78, 5) is 32.4. The van der Waals surface area contributed by atoms with E-state index in [0.717, 1.165) is 45.4 Å². The van der Waals surface area contributed by atoms with Gasteiger partial charge in [-0.3, -0.25) is 19.2 Å². The van der Waals surface area contributed by atoms with Crippen LogP contribution in [-0.2, 0) is 22.6 Å². The fourth-order valence-corrected chi connectivity index (χ4v) is 5.46. The summed E-state index contributed by atoms with van der Waals surface area (Å²) in [6.45, 7) is 6.60. The van der Waals surface area contributed by atoms with E-state index in [1.807, 2.05) is 29.1 Å². The molecule has 3 heterocycles. The van der Waals surface area contributed by atoms with Crippen molar-refractivity contribution in [3.63, 3.8) is 0 Å². The van der Waals surface area contributed by atoms with Crippen molar-refractivity contribution in [1.29, 1.82) is 0 Å². The van der Waals surface area contributed by atoms with E-state index in [1.165, 1.54) is 30.4 Å². The Bertz CT molecular complexity index is 930. The highest BCUT2D eigenvalue weighted by Crippen LogP contribution is 2.28. The summed E-state index contributed by atoms with van der Waals surface area (Å²) in [5, 5.41) is 4.21. The lowest BCUT2D eigenvalue weighted by Gasteiger charge is -2.41. The third-order valence-electron chi connectivity index (χ3n) is 7.68. The molecule has 2 aliphatic heterocycles. The van der Waals surface area contributed by atoms with Crippen molar-refractivity contribution >= 4 is 11.8 Å². The molecule has 2 saturated heterocycles. The first-order valence-electron chi connectivity index (χ1n) is 12.8. The van der Waals surface area contributed by atoms with Crippen molar-refractivity contribution < 1.29 is 9.59 Å². The summed E-state index contributed by atoms with van der Waals surface area (Å²) in [7, 11) is 1.93. The minimum absolute atomic E-state index is 0.0749. The molecular formula is C27H39N5O2. The van der Waals surface area contributed by atoms with Crippen LogP contribution in [0.5, 0.6) is 0 Å². The van der Waals surface area contributed by atoms with E-state index < -0.39 is 0 Å². The van der Waals surface area contributed by atoms with Gasteiger partial charge >= 0.3 is 0 Å². The number of piperidine rings is 2. The quantitative estimate of drug-likeness (QED) is 0.601. The van der Waals surface area contributed by atoms with Crippen LogP contribution in [0, 0.1) is 12.8 Å². The second-order valence-corrected chi connectivity index (χ2v) is 9.96. The summed E-state index contributed by atoms with van der Waals surface area (Å²) < 4.78 is 1.69. The molecule has 7 heteroatoms. The molecule has 0 radical (unpaired) electrons. The van der Waals surface area contributed by atoms with Gasteiger partial charge < -0.3 is 9.80 Å². The molecule has 0 unspecified atom stereocenters. The Morgan fingerprint density at radius 3 is 2.44 bits per heavy atom. The number of likely N-dealkylation sites (tertiary alicyclic amines) is 2. The molecular weight excluding hydrogens is 426 g/mol. The summed E-state index contributed by atoms with van der Waals surface area (Å²) in [6, 6.07) is 10.4. The molecule has 34 heavy (non-hydrogen) atoms. The zero-order valence-corrected chi connectivity index (χ0v) is 20.7. The molecule has 2 aliphatic rings. The van der Waals surface area contributed by atoms with Crippen molar-refractivity contribution in [2.24, 2.45) is 5.92 Å². The first kappa shape index (κ1) is 24.5. The van der Waals surface area contributed by atoms with Crippen molar-refractivity contribution in [1.82, 2.24) is 24.5 Å². The molecule has 2 amide bonds. The van der Waals surface area contributed by atoms with Gasteiger partial charge in [0.15, 0.2) is 0 Å². The summed E-state index contributed by atoms with van der Waals surface area (Å²) in [5.41, 5.74) is 2.55. The van der Waals surface area contributed by atoms with E-state index in [0.29, 0.717) is 12.5 Å². The molecule has 2 fully saturated rings. The fourth-order valence-electron chi connectivity index (χ4n) is 5.46. The zero-order valence-electron chi connectivity index (χ0n) is 20.7. The molecule has 0 bridgehead atoms. The number of hydrogen-bond donors (Lipinski definition) is 0. The molecule has 1 atom stereocenters. The maximum Gasteiger partial charge on any atom is 0.244 e. The molecule has 4 rings (SSSR count). The number of aryl methyl sites for hydroxylation is 1. The highest BCUT2D eigenvalue weighted by atomic mass is 16.2. The first-order chi connectivity index (χ1) is 16.5. The van der Waals surface area contributed by atoms with E-state index in [9.17, 15) is 9.59 Å². The van der Waals surface area contributed by atoms with Gasteiger partial charge in [-0.1, -0.05) is 30.7 Å². The highest BCUT2D eigenvalue weighted by Gasteiger charge is 2.33. The van der Waals surface area contributed by atoms with Gasteiger partial charge in [0.2, 0.25) is 11.8 Å². The molecule has 0 spiro atoms.